The molecule has 0 amide bonds. The molecule has 0 saturated heterocycles. The van der Waals surface area contributed by atoms with Crippen molar-refractivity contribution in [2.45, 2.75) is 38.8 Å². The zero-order valence-electron chi connectivity index (χ0n) is 11.2. The molecular weight excluding hydrogens is 281 g/mol. The van der Waals surface area contributed by atoms with E-state index in [4.69, 9.17) is 28.9 Å². The van der Waals surface area contributed by atoms with Gasteiger partial charge in [0.2, 0.25) is 0 Å². The summed E-state index contributed by atoms with van der Waals surface area (Å²) in [5.74, 6) is 0.762. The smallest absolute Gasteiger partial charge is 0.0942 e. The van der Waals surface area contributed by atoms with Crippen molar-refractivity contribution in [3.63, 3.8) is 0 Å². The molecule has 5 heteroatoms. The largest absolute Gasteiger partial charge is 0.387 e. The molecule has 0 bridgehead atoms. The molecule has 0 aromatic heterocycles. The first-order chi connectivity index (χ1) is 8.95. The molecule has 2 rings (SSSR count). The molecule has 0 saturated carbocycles. The van der Waals surface area contributed by atoms with Crippen LogP contribution in [0.25, 0.3) is 0 Å². The fourth-order valence-electron chi connectivity index (χ4n) is 2.36. The van der Waals surface area contributed by atoms with Crippen LogP contribution in [0.4, 0.5) is 5.69 Å². The lowest BCUT2D eigenvalue weighted by Crippen LogP contribution is -2.36. The first-order valence-electron chi connectivity index (χ1n) is 6.50. The van der Waals surface area contributed by atoms with Crippen molar-refractivity contribution in [2.75, 3.05) is 11.4 Å². The van der Waals surface area contributed by atoms with Gasteiger partial charge in [0.15, 0.2) is 0 Å². The summed E-state index contributed by atoms with van der Waals surface area (Å²) in [6, 6.07) is 6.24. The van der Waals surface area contributed by atoms with E-state index < -0.39 is 0 Å². The maximum Gasteiger partial charge on any atom is 0.0942 e. The summed E-state index contributed by atoms with van der Waals surface area (Å²) in [7, 11) is 0. The molecule has 0 radical (unpaired) electrons. The Morgan fingerprint density at radius 1 is 1.32 bits per heavy atom. The molecule has 0 fully saturated rings. The molecule has 2 N–H and O–H groups in total. The van der Waals surface area contributed by atoms with Gasteiger partial charge in [-0.15, -0.1) is 0 Å². The fourth-order valence-corrected chi connectivity index (χ4v) is 2.87. The van der Waals surface area contributed by atoms with Gasteiger partial charge in [0.1, 0.15) is 0 Å². The second-order valence-corrected chi connectivity index (χ2v) is 6.06. The van der Waals surface area contributed by atoms with Crippen LogP contribution in [0, 0.1) is 0 Å². The lowest BCUT2D eigenvalue weighted by atomic mass is 10.1. The van der Waals surface area contributed by atoms with Crippen molar-refractivity contribution in [2.24, 2.45) is 10.7 Å². The van der Waals surface area contributed by atoms with Crippen LogP contribution >= 0.6 is 23.2 Å². The summed E-state index contributed by atoms with van der Waals surface area (Å²) < 4.78 is 0. The predicted molar refractivity (Wildman–Crippen MR) is 83.6 cm³/mol. The normalized spacial score (nSPS) is 18.8. The van der Waals surface area contributed by atoms with Crippen LogP contribution < -0.4 is 10.6 Å². The third-order valence-corrected chi connectivity index (χ3v) is 3.73. The molecule has 0 spiro atoms. The highest BCUT2D eigenvalue weighted by molar-refractivity contribution is 6.35. The van der Waals surface area contributed by atoms with Crippen LogP contribution in [0.1, 0.15) is 26.7 Å². The highest BCUT2D eigenvalue weighted by atomic mass is 35.5. The summed E-state index contributed by atoms with van der Waals surface area (Å²) in [6.07, 6.45) is 1.91. The van der Waals surface area contributed by atoms with Crippen LogP contribution in [-0.2, 0) is 0 Å². The van der Waals surface area contributed by atoms with E-state index in [-0.39, 0.29) is 6.04 Å². The van der Waals surface area contributed by atoms with Gasteiger partial charge in [0.05, 0.1) is 11.9 Å². The number of aliphatic imine (C=N–C) groups is 1. The van der Waals surface area contributed by atoms with E-state index in [0.29, 0.717) is 16.1 Å². The monoisotopic (exact) mass is 299 g/mol. The van der Waals surface area contributed by atoms with Crippen LogP contribution in [-0.4, -0.2) is 24.5 Å². The maximum atomic E-state index is 6.08. The molecule has 0 aliphatic carbocycles. The van der Waals surface area contributed by atoms with Crippen LogP contribution in [0.5, 0.6) is 0 Å². The highest BCUT2D eigenvalue weighted by Gasteiger charge is 2.21. The number of hydrogen-bond acceptors (Lipinski definition) is 3. The molecule has 1 aromatic rings. The van der Waals surface area contributed by atoms with Crippen molar-refractivity contribution in [1.82, 2.24) is 0 Å². The third-order valence-electron chi connectivity index (χ3n) is 3.29. The predicted octanol–water partition coefficient (Wildman–Crippen LogP) is 3.73. The first kappa shape index (κ1) is 14.5. The standard InChI is InChI=1S/C14H19Cl2N3/c1-9(2)19(8-12-3-4-14(17)18-12)13-6-10(15)5-11(16)7-13/h5-7,9,12H,3-4,8H2,1-2H3,(H2,17,18)/t12-/m1/s1. The average molecular weight is 300 g/mol. The Morgan fingerprint density at radius 2 is 1.95 bits per heavy atom. The summed E-state index contributed by atoms with van der Waals surface area (Å²) in [5, 5.41) is 1.31. The Kier molecular flexibility index (Phi) is 4.58. The van der Waals surface area contributed by atoms with E-state index >= 15 is 0 Å². The average Bonchev–Trinajstić information content (AvgIpc) is 2.70. The minimum atomic E-state index is 0.264. The van der Waals surface area contributed by atoms with Crippen molar-refractivity contribution in [3.05, 3.63) is 28.2 Å². The van der Waals surface area contributed by atoms with Gasteiger partial charge in [-0.05, 0) is 38.5 Å². The highest BCUT2D eigenvalue weighted by Crippen LogP contribution is 2.28. The summed E-state index contributed by atoms with van der Waals surface area (Å²) in [5.41, 5.74) is 6.79. The third kappa shape index (κ3) is 3.77. The Morgan fingerprint density at radius 3 is 2.42 bits per heavy atom. The van der Waals surface area contributed by atoms with Gasteiger partial charge in [-0.2, -0.15) is 0 Å². The Bertz CT molecular complexity index is 465. The second-order valence-electron chi connectivity index (χ2n) is 5.19. The van der Waals surface area contributed by atoms with E-state index in [2.05, 4.69) is 23.7 Å². The van der Waals surface area contributed by atoms with Gasteiger partial charge >= 0.3 is 0 Å². The van der Waals surface area contributed by atoms with Gasteiger partial charge < -0.3 is 10.6 Å². The quantitative estimate of drug-likeness (QED) is 0.920. The second kappa shape index (κ2) is 6.02. The van der Waals surface area contributed by atoms with E-state index in [1.54, 1.807) is 6.07 Å². The van der Waals surface area contributed by atoms with Crippen molar-refractivity contribution in [1.29, 1.82) is 0 Å². The van der Waals surface area contributed by atoms with Gasteiger partial charge in [-0.25, -0.2) is 0 Å². The van der Waals surface area contributed by atoms with Gasteiger partial charge in [-0.1, -0.05) is 23.2 Å². The number of nitrogens with zero attached hydrogens (tertiary/aromatic N) is 2. The van der Waals surface area contributed by atoms with Gasteiger partial charge in [-0.3, -0.25) is 4.99 Å². The van der Waals surface area contributed by atoms with Gasteiger partial charge in [0, 0.05) is 34.7 Å². The molecule has 1 atom stereocenters. The number of nitrogens with two attached hydrogens (primary N) is 1. The van der Waals surface area contributed by atoms with E-state index in [0.717, 1.165) is 30.9 Å². The molecular formula is C14H19Cl2N3. The Labute approximate surface area is 124 Å². The van der Waals surface area contributed by atoms with Crippen LogP contribution in [0.3, 0.4) is 0 Å². The molecule has 104 valence electrons. The van der Waals surface area contributed by atoms with Crippen LogP contribution in [0.15, 0.2) is 23.2 Å². The molecule has 1 aliphatic rings. The number of anilines is 1. The zero-order valence-corrected chi connectivity index (χ0v) is 12.7. The first-order valence-corrected chi connectivity index (χ1v) is 7.26. The number of hydrogen-bond donors (Lipinski definition) is 1. The lowest BCUT2D eigenvalue weighted by Gasteiger charge is -2.31. The Balaban J connectivity index is 2.20. The fraction of sp³-hybridized carbons (Fsp3) is 0.500. The van der Waals surface area contributed by atoms with E-state index in [1.807, 2.05) is 12.1 Å². The summed E-state index contributed by atoms with van der Waals surface area (Å²) in [6.45, 7) is 5.14. The van der Waals surface area contributed by atoms with E-state index in [1.165, 1.54) is 0 Å². The molecule has 1 aromatic carbocycles. The maximum absolute atomic E-state index is 6.08. The minimum absolute atomic E-state index is 0.264. The number of benzene rings is 1. The molecule has 19 heavy (non-hydrogen) atoms. The summed E-state index contributed by atoms with van der Waals surface area (Å²) >= 11 is 12.2. The molecule has 0 unspecified atom stereocenters. The number of amidine groups is 1. The van der Waals surface area contributed by atoms with Crippen LogP contribution in [0.2, 0.25) is 10.0 Å². The lowest BCUT2D eigenvalue weighted by molar-refractivity contribution is 0.591. The van der Waals surface area contributed by atoms with Crippen molar-refractivity contribution < 1.29 is 0 Å². The molecule has 1 aliphatic heterocycles. The number of halogens is 2. The minimum Gasteiger partial charge on any atom is -0.387 e. The molecule has 1 heterocycles. The number of rotatable bonds is 4. The van der Waals surface area contributed by atoms with E-state index in [9.17, 15) is 0 Å². The molecule has 3 nitrogen and oxygen atoms in total. The SMILES string of the molecule is CC(C)N(C[C@H]1CCC(N)=N1)c1cc(Cl)cc(Cl)c1. The Hall–Kier alpha value is -0.930. The van der Waals surface area contributed by atoms with Gasteiger partial charge in [0.25, 0.3) is 0 Å². The topological polar surface area (TPSA) is 41.6 Å². The summed E-state index contributed by atoms with van der Waals surface area (Å²) in [4.78, 5) is 6.74. The van der Waals surface area contributed by atoms with Crippen molar-refractivity contribution in [3.8, 4) is 0 Å². The van der Waals surface area contributed by atoms with Crippen molar-refractivity contribution >= 4 is 34.7 Å². The zero-order chi connectivity index (χ0) is 14.0.